The molecule has 0 saturated carbocycles. The molecule has 0 aromatic heterocycles. The van der Waals surface area contributed by atoms with Gasteiger partial charge in [0.25, 0.3) is 0 Å². The predicted octanol–water partition coefficient (Wildman–Crippen LogP) is 4.14. The van der Waals surface area contributed by atoms with Crippen LogP contribution in [0, 0.1) is 6.92 Å². The van der Waals surface area contributed by atoms with Crippen LogP contribution in [-0.2, 0) is 0 Å². The van der Waals surface area contributed by atoms with Crippen LogP contribution in [0.2, 0.25) is 0 Å². The zero-order valence-electron chi connectivity index (χ0n) is 8.83. The number of allylic oxidation sites excluding steroid dienone is 4. The summed E-state index contributed by atoms with van der Waals surface area (Å²) >= 11 is 0. The van der Waals surface area contributed by atoms with E-state index in [0.29, 0.717) is 0 Å². The van der Waals surface area contributed by atoms with Crippen molar-refractivity contribution in [3.8, 4) is 0 Å². The summed E-state index contributed by atoms with van der Waals surface area (Å²) in [6, 6.07) is 8.42. The molecule has 0 N–H and O–H groups in total. The lowest BCUT2D eigenvalue weighted by molar-refractivity contribution is 1.46. The van der Waals surface area contributed by atoms with Crippen LogP contribution in [0.3, 0.4) is 0 Å². The van der Waals surface area contributed by atoms with Crippen molar-refractivity contribution in [2.75, 3.05) is 0 Å². The zero-order chi connectivity index (χ0) is 10.4. The highest BCUT2D eigenvalue weighted by atomic mass is 13.9. The monoisotopic (exact) mass is 184 g/mol. The molecule has 0 radical (unpaired) electrons. The average molecular weight is 184 g/mol. The summed E-state index contributed by atoms with van der Waals surface area (Å²) < 4.78 is 0. The molecule has 1 aromatic carbocycles. The summed E-state index contributed by atoms with van der Waals surface area (Å²) in [5.74, 6) is 0. The van der Waals surface area contributed by atoms with Gasteiger partial charge in [-0.2, -0.15) is 0 Å². The van der Waals surface area contributed by atoms with Gasteiger partial charge in [-0.1, -0.05) is 60.7 Å². The Morgan fingerprint density at radius 3 is 2.71 bits per heavy atom. The molecule has 0 atom stereocenters. The van der Waals surface area contributed by atoms with E-state index < -0.39 is 0 Å². The molecule has 0 bridgehead atoms. The van der Waals surface area contributed by atoms with Crippen LogP contribution in [0.1, 0.15) is 18.1 Å². The largest absolute Gasteiger partial charge is 0.0985 e. The molecule has 1 aromatic rings. The van der Waals surface area contributed by atoms with Gasteiger partial charge in [0, 0.05) is 0 Å². The van der Waals surface area contributed by atoms with E-state index in [0.717, 1.165) is 5.57 Å². The molecule has 0 heteroatoms. The first kappa shape index (κ1) is 10.5. The van der Waals surface area contributed by atoms with E-state index in [4.69, 9.17) is 0 Å². The smallest absolute Gasteiger partial charge is 0.0254 e. The van der Waals surface area contributed by atoms with Gasteiger partial charge >= 0.3 is 0 Å². The minimum atomic E-state index is 1.14. The van der Waals surface area contributed by atoms with Crippen molar-refractivity contribution < 1.29 is 0 Å². The Labute approximate surface area is 86.3 Å². The molecule has 0 spiro atoms. The van der Waals surface area contributed by atoms with Crippen molar-refractivity contribution in [3.63, 3.8) is 0 Å². The van der Waals surface area contributed by atoms with Gasteiger partial charge in [-0.15, -0.1) is 0 Å². The van der Waals surface area contributed by atoms with Crippen molar-refractivity contribution in [3.05, 3.63) is 65.8 Å². The minimum Gasteiger partial charge on any atom is -0.0985 e. The summed E-state index contributed by atoms with van der Waals surface area (Å²) in [5.41, 5.74) is 3.66. The van der Waals surface area contributed by atoms with Crippen LogP contribution in [0.4, 0.5) is 0 Å². The second kappa shape index (κ2) is 5.23. The molecule has 0 heterocycles. The molecule has 0 fully saturated rings. The molecular formula is C14H16. The Hall–Kier alpha value is -1.56. The first-order chi connectivity index (χ1) is 6.76. The molecule has 0 saturated heterocycles. The van der Waals surface area contributed by atoms with E-state index in [-0.39, 0.29) is 0 Å². The van der Waals surface area contributed by atoms with Crippen molar-refractivity contribution in [1.29, 1.82) is 0 Å². The fourth-order valence-corrected chi connectivity index (χ4v) is 1.25. The molecule has 0 unspecified atom stereocenters. The Balaban J connectivity index is 2.83. The number of rotatable bonds is 3. The lowest BCUT2D eigenvalue weighted by atomic mass is 10.1. The molecular weight excluding hydrogens is 168 g/mol. The molecule has 0 amide bonds. The van der Waals surface area contributed by atoms with Crippen molar-refractivity contribution in [1.82, 2.24) is 0 Å². The third-order valence-electron chi connectivity index (χ3n) is 2.08. The van der Waals surface area contributed by atoms with E-state index in [2.05, 4.69) is 49.9 Å². The Morgan fingerprint density at radius 1 is 1.36 bits per heavy atom. The molecule has 1 rings (SSSR count). The molecule has 0 nitrogen and oxygen atoms in total. The molecule has 0 aliphatic carbocycles. The van der Waals surface area contributed by atoms with Crippen molar-refractivity contribution in [2.45, 2.75) is 13.8 Å². The third-order valence-corrected chi connectivity index (χ3v) is 2.08. The van der Waals surface area contributed by atoms with Crippen LogP contribution in [0.5, 0.6) is 0 Å². The van der Waals surface area contributed by atoms with Crippen LogP contribution in [0.15, 0.2) is 54.6 Å². The van der Waals surface area contributed by atoms with Crippen LogP contribution >= 0.6 is 0 Å². The van der Waals surface area contributed by atoms with Crippen LogP contribution in [-0.4, -0.2) is 0 Å². The zero-order valence-corrected chi connectivity index (χ0v) is 8.83. The predicted molar refractivity (Wildman–Crippen MR) is 64.2 cm³/mol. The van der Waals surface area contributed by atoms with Crippen molar-refractivity contribution >= 4 is 6.08 Å². The lowest BCUT2D eigenvalue weighted by Gasteiger charge is -1.95. The number of hydrogen-bond acceptors (Lipinski definition) is 0. The Kier molecular flexibility index (Phi) is 3.93. The van der Waals surface area contributed by atoms with E-state index >= 15 is 0 Å². The van der Waals surface area contributed by atoms with Gasteiger partial charge in [0.15, 0.2) is 0 Å². The molecule has 0 aliphatic rings. The van der Waals surface area contributed by atoms with E-state index in [1.54, 1.807) is 0 Å². The van der Waals surface area contributed by atoms with Gasteiger partial charge < -0.3 is 0 Å². The average Bonchev–Trinajstić information content (AvgIpc) is 2.19. The second-order valence-electron chi connectivity index (χ2n) is 3.24. The number of benzene rings is 1. The molecule has 0 aliphatic heterocycles. The number of aryl methyl sites for hydroxylation is 1. The quantitative estimate of drug-likeness (QED) is 0.619. The maximum atomic E-state index is 3.74. The third kappa shape index (κ3) is 3.06. The Bertz CT molecular complexity index is 367. The topological polar surface area (TPSA) is 0 Å². The molecule has 14 heavy (non-hydrogen) atoms. The van der Waals surface area contributed by atoms with Gasteiger partial charge in [0.1, 0.15) is 0 Å². The first-order valence-corrected chi connectivity index (χ1v) is 4.79. The summed E-state index contributed by atoms with van der Waals surface area (Å²) in [4.78, 5) is 0. The highest BCUT2D eigenvalue weighted by Crippen LogP contribution is 2.08. The fourth-order valence-electron chi connectivity index (χ4n) is 1.25. The maximum absolute atomic E-state index is 3.74. The van der Waals surface area contributed by atoms with Crippen LogP contribution < -0.4 is 0 Å². The summed E-state index contributed by atoms with van der Waals surface area (Å²) in [7, 11) is 0. The van der Waals surface area contributed by atoms with Gasteiger partial charge in [-0.05, 0) is 25.0 Å². The van der Waals surface area contributed by atoms with Gasteiger partial charge in [-0.25, -0.2) is 0 Å². The standard InChI is InChI=1S/C14H16/c1-4-13(5-2)9-10-14-8-6-7-12(3)11-14/h4-11H,1H2,2-3H3/b10-9+,13-5+. The highest BCUT2D eigenvalue weighted by Gasteiger charge is 1.87. The summed E-state index contributed by atoms with van der Waals surface area (Å²) in [6.45, 7) is 7.85. The SMILES string of the molecule is C=CC(/C=C/c1cccc(C)c1)=C\C. The van der Waals surface area contributed by atoms with E-state index in [1.165, 1.54) is 11.1 Å². The van der Waals surface area contributed by atoms with Crippen LogP contribution in [0.25, 0.3) is 6.08 Å². The van der Waals surface area contributed by atoms with Gasteiger partial charge in [0.05, 0.1) is 0 Å². The van der Waals surface area contributed by atoms with Crippen molar-refractivity contribution in [2.24, 2.45) is 0 Å². The second-order valence-corrected chi connectivity index (χ2v) is 3.24. The maximum Gasteiger partial charge on any atom is -0.0254 e. The van der Waals surface area contributed by atoms with Gasteiger partial charge in [0.2, 0.25) is 0 Å². The highest BCUT2D eigenvalue weighted by molar-refractivity contribution is 5.55. The first-order valence-electron chi connectivity index (χ1n) is 4.79. The van der Waals surface area contributed by atoms with Gasteiger partial charge in [-0.3, -0.25) is 0 Å². The summed E-state index contributed by atoms with van der Waals surface area (Å²) in [6.07, 6.45) is 8.07. The summed E-state index contributed by atoms with van der Waals surface area (Å²) in [5, 5.41) is 0. The normalized spacial score (nSPS) is 12.0. The lowest BCUT2D eigenvalue weighted by Crippen LogP contribution is -1.75. The number of hydrogen-bond donors (Lipinski definition) is 0. The van der Waals surface area contributed by atoms with E-state index in [9.17, 15) is 0 Å². The fraction of sp³-hybridized carbons (Fsp3) is 0.143. The Morgan fingerprint density at radius 2 is 2.14 bits per heavy atom. The van der Waals surface area contributed by atoms with E-state index in [1.807, 2.05) is 19.1 Å². The molecule has 72 valence electrons. The minimum absolute atomic E-state index is 1.14.